The maximum Gasteiger partial charge on any atom is 0.417 e. The molecule has 1 aromatic heterocycles. The van der Waals surface area contributed by atoms with E-state index in [4.69, 9.17) is 4.42 Å². The van der Waals surface area contributed by atoms with Crippen molar-refractivity contribution in [3.05, 3.63) is 75.1 Å². The molecule has 4 rings (SSSR count). The molecule has 1 fully saturated rings. The molecule has 1 saturated heterocycles. The molecule has 0 unspecified atom stereocenters. The highest BCUT2D eigenvalue weighted by atomic mass is 32.2. The third kappa shape index (κ3) is 4.68. The number of rotatable bonds is 4. The van der Waals surface area contributed by atoms with Crippen molar-refractivity contribution in [1.29, 1.82) is 0 Å². The van der Waals surface area contributed by atoms with Gasteiger partial charge in [0.1, 0.15) is 5.58 Å². The van der Waals surface area contributed by atoms with Gasteiger partial charge in [0.2, 0.25) is 10.0 Å². The van der Waals surface area contributed by atoms with Gasteiger partial charge in [-0.25, -0.2) is 13.2 Å². The Morgan fingerprint density at radius 1 is 0.970 bits per heavy atom. The fourth-order valence-corrected chi connectivity index (χ4v) is 5.68. The second-order valence-corrected chi connectivity index (χ2v) is 10.1. The van der Waals surface area contributed by atoms with Crippen LogP contribution in [0.2, 0.25) is 0 Å². The van der Waals surface area contributed by atoms with Crippen molar-refractivity contribution in [3.63, 3.8) is 0 Å². The predicted molar refractivity (Wildman–Crippen MR) is 117 cm³/mol. The van der Waals surface area contributed by atoms with Crippen LogP contribution >= 0.6 is 0 Å². The van der Waals surface area contributed by atoms with Gasteiger partial charge in [-0.05, 0) is 54.8 Å². The molecule has 33 heavy (non-hydrogen) atoms. The van der Waals surface area contributed by atoms with Gasteiger partial charge in [-0.15, -0.1) is 0 Å². The van der Waals surface area contributed by atoms with Crippen molar-refractivity contribution in [2.24, 2.45) is 0 Å². The zero-order chi connectivity index (χ0) is 24.0. The molecular weight excluding hydrogens is 457 g/mol. The molecule has 0 N–H and O–H groups in total. The summed E-state index contributed by atoms with van der Waals surface area (Å²) in [6, 6.07) is 9.43. The number of hydrogen-bond donors (Lipinski definition) is 0. The number of aryl methyl sites for hydroxylation is 2. The quantitative estimate of drug-likeness (QED) is 0.529. The maximum atomic E-state index is 13.3. The first-order valence-electron chi connectivity index (χ1n) is 10.4. The lowest BCUT2D eigenvalue weighted by Crippen LogP contribution is -2.48. The number of fused-ring (bicyclic) bond motifs is 1. The zero-order valence-corrected chi connectivity index (χ0v) is 19.0. The van der Waals surface area contributed by atoms with E-state index >= 15 is 0 Å². The summed E-state index contributed by atoms with van der Waals surface area (Å²) in [5, 5.41) is 0.812. The molecule has 0 spiro atoms. The molecule has 0 bridgehead atoms. The first-order valence-corrected chi connectivity index (χ1v) is 11.8. The maximum absolute atomic E-state index is 13.3. The van der Waals surface area contributed by atoms with E-state index in [1.54, 1.807) is 0 Å². The molecular formula is C23H23F3N2O4S. The summed E-state index contributed by atoms with van der Waals surface area (Å²) in [7, 11) is -4.30. The molecule has 0 radical (unpaired) electrons. The van der Waals surface area contributed by atoms with Gasteiger partial charge in [-0.2, -0.15) is 17.5 Å². The minimum absolute atomic E-state index is 0.0477. The zero-order valence-electron chi connectivity index (χ0n) is 18.1. The fraction of sp³-hybridized carbons (Fsp3) is 0.348. The van der Waals surface area contributed by atoms with Gasteiger partial charge in [0.25, 0.3) is 0 Å². The first-order chi connectivity index (χ1) is 15.5. The second-order valence-electron chi connectivity index (χ2n) is 8.20. The summed E-state index contributed by atoms with van der Waals surface area (Å²) < 4.78 is 72.3. The third-order valence-corrected chi connectivity index (χ3v) is 7.94. The van der Waals surface area contributed by atoms with Crippen LogP contribution in [0.25, 0.3) is 11.0 Å². The second kappa shape index (κ2) is 8.58. The number of piperazine rings is 1. The predicted octanol–water partition coefficient (Wildman–Crippen LogP) is 3.94. The number of nitrogens with zero attached hydrogens (tertiary/aromatic N) is 2. The highest BCUT2D eigenvalue weighted by molar-refractivity contribution is 7.89. The molecule has 6 nitrogen and oxygen atoms in total. The summed E-state index contributed by atoms with van der Waals surface area (Å²) in [6.07, 6.45) is -4.77. The van der Waals surface area contributed by atoms with Crippen LogP contribution in [0.1, 0.15) is 22.3 Å². The topological polar surface area (TPSA) is 70.8 Å². The van der Waals surface area contributed by atoms with E-state index in [1.807, 2.05) is 30.9 Å². The summed E-state index contributed by atoms with van der Waals surface area (Å²) in [5.41, 5.74) is 1.68. The average Bonchev–Trinajstić information content (AvgIpc) is 2.75. The van der Waals surface area contributed by atoms with Crippen molar-refractivity contribution >= 4 is 21.0 Å². The third-order valence-electron chi connectivity index (χ3n) is 5.98. The van der Waals surface area contributed by atoms with E-state index in [2.05, 4.69) is 0 Å². The van der Waals surface area contributed by atoms with Gasteiger partial charge >= 0.3 is 11.8 Å². The number of sulfonamides is 1. The van der Waals surface area contributed by atoms with Gasteiger partial charge in [0.05, 0.1) is 10.5 Å². The largest absolute Gasteiger partial charge is 0.423 e. The molecule has 1 aliphatic rings. The molecule has 0 atom stereocenters. The van der Waals surface area contributed by atoms with Crippen LogP contribution in [0, 0.1) is 13.8 Å². The Bertz CT molecular complexity index is 1360. The van der Waals surface area contributed by atoms with Crippen molar-refractivity contribution in [2.45, 2.75) is 31.5 Å². The molecule has 10 heteroatoms. The van der Waals surface area contributed by atoms with Crippen LogP contribution in [-0.2, 0) is 22.7 Å². The first kappa shape index (κ1) is 23.5. The van der Waals surface area contributed by atoms with Gasteiger partial charge in [-0.1, -0.05) is 12.1 Å². The summed E-state index contributed by atoms with van der Waals surface area (Å²) in [4.78, 5) is 13.3. The lowest BCUT2D eigenvalue weighted by atomic mass is 10.0. The summed E-state index contributed by atoms with van der Waals surface area (Å²) >= 11 is 0. The standard InChI is InChI=1S/C23H23F3N2O4S/c1-15-11-18-17(13-22(29)32-20(18)12-16(15)2)14-27-7-9-28(10-8-27)33(30,31)21-6-4-3-5-19(21)23(24,25)26/h3-6,11-13H,7-10,14H2,1-2H3. The molecule has 1 aliphatic heterocycles. The smallest absolute Gasteiger partial charge is 0.417 e. The Hall–Kier alpha value is -2.69. The van der Waals surface area contributed by atoms with E-state index < -0.39 is 32.3 Å². The lowest BCUT2D eigenvalue weighted by molar-refractivity contribution is -0.139. The van der Waals surface area contributed by atoms with Gasteiger partial charge in [0, 0.05) is 44.2 Å². The van der Waals surface area contributed by atoms with Crippen LogP contribution in [-0.4, -0.2) is 43.8 Å². The highest BCUT2D eigenvalue weighted by Gasteiger charge is 2.39. The number of hydrogen-bond acceptors (Lipinski definition) is 5. The van der Waals surface area contributed by atoms with E-state index in [9.17, 15) is 26.4 Å². The minimum atomic E-state index is -4.77. The molecule has 0 amide bonds. The Morgan fingerprint density at radius 2 is 1.61 bits per heavy atom. The monoisotopic (exact) mass is 480 g/mol. The van der Waals surface area contributed by atoms with Gasteiger partial charge < -0.3 is 4.42 Å². The normalized spacial score (nSPS) is 16.4. The number of benzene rings is 2. The van der Waals surface area contributed by atoms with Crippen LogP contribution in [0.5, 0.6) is 0 Å². The van der Waals surface area contributed by atoms with E-state index in [-0.39, 0.29) is 13.1 Å². The molecule has 0 aliphatic carbocycles. The Kier molecular flexibility index (Phi) is 6.10. The van der Waals surface area contributed by atoms with Crippen LogP contribution in [0.3, 0.4) is 0 Å². The minimum Gasteiger partial charge on any atom is -0.423 e. The van der Waals surface area contributed by atoms with Crippen LogP contribution < -0.4 is 5.63 Å². The number of halogens is 3. The van der Waals surface area contributed by atoms with Gasteiger partial charge in [-0.3, -0.25) is 4.90 Å². The Labute approximate surface area is 189 Å². The van der Waals surface area contributed by atoms with Crippen molar-refractivity contribution in [2.75, 3.05) is 26.2 Å². The number of alkyl halides is 3. The van der Waals surface area contributed by atoms with Crippen molar-refractivity contribution < 1.29 is 26.0 Å². The van der Waals surface area contributed by atoms with E-state index in [0.717, 1.165) is 38.5 Å². The van der Waals surface area contributed by atoms with E-state index in [1.165, 1.54) is 18.2 Å². The molecule has 176 valence electrons. The van der Waals surface area contributed by atoms with E-state index in [0.29, 0.717) is 25.2 Å². The molecule has 2 heterocycles. The average molecular weight is 481 g/mol. The van der Waals surface area contributed by atoms with Crippen molar-refractivity contribution in [3.8, 4) is 0 Å². The lowest BCUT2D eigenvalue weighted by Gasteiger charge is -2.34. The van der Waals surface area contributed by atoms with Crippen LogP contribution in [0.4, 0.5) is 13.2 Å². The Morgan fingerprint density at radius 3 is 2.27 bits per heavy atom. The molecule has 2 aromatic carbocycles. The summed E-state index contributed by atoms with van der Waals surface area (Å²) in [5.74, 6) is 0. The molecule has 0 saturated carbocycles. The summed E-state index contributed by atoms with van der Waals surface area (Å²) in [6.45, 7) is 5.03. The fourth-order valence-electron chi connectivity index (χ4n) is 4.05. The van der Waals surface area contributed by atoms with Crippen molar-refractivity contribution in [1.82, 2.24) is 9.21 Å². The van der Waals surface area contributed by atoms with Gasteiger partial charge in [0.15, 0.2) is 0 Å². The Balaban J connectivity index is 1.54. The SMILES string of the molecule is Cc1cc2oc(=O)cc(CN3CCN(S(=O)(=O)c4ccccc4C(F)(F)F)CC3)c2cc1C. The highest BCUT2D eigenvalue weighted by Crippen LogP contribution is 2.35. The molecule has 3 aromatic rings. The van der Waals surface area contributed by atoms with Crippen LogP contribution in [0.15, 0.2) is 56.6 Å².